The first kappa shape index (κ1) is 21.2. The van der Waals surface area contributed by atoms with Crippen LogP contribution in [0.25, 0.3) is 0 Å². The van der Waals surface area contributed by atoms with Gasteiger partial charge in [0.2, 0.25) is 0 Å². The zero-order chi connectivity index (χ0) is 22.0. The van der Waals surface area contributed by atoms with E-state index in [0.29, 0.717) is 6.54 Å². The summed E-state index contributed by atoms with van der Waals surface area (Å²) in [6.07, 6.45) is -2.81. The monoisotopic (exact) mass is 444 g/mol. The Morgan fingerprint density at radius 3 is 2.45 bits per heavy atom. The van der Waals surface area contributed by atoms with Crippen LogP contribution in [-0.2, 0) is 17.4 Å². The molecule has 1 heterocycles. The van der Waals surface area contributed by atoms with Gasteiger partial charge in [-0.15, -0.1) is 0 Å². The molecule has 1 atom stereocenters. The molecule has 3 aromatic carbocycles. The third kappa shape index (κ3) is 4.54. The minimum Gasteiger partial charge on any atom is -0.356 e. The molecule has 0 saturated heterocycles. The van der Waals surface area contributed by atoms with E-state index in [1.165, 1.54) is 6.07 Å². The molecule has 1 aliphatic heterocycles. The highest BCUT2D eigenvalue weighted by Crippen LogP contribution is 2.38. The molecule has 160 valence electrons. The Morgan fingerprint density at radius 2 is 1.71 bits per heavy atom. The van der Waals surface area contributed by atoms with Crippen molar-refractivity contribution in [3.63, 3.8) is 0 Å². The minimum absolute atomic E-state index is 0.0490. The first-order valence-corrected chi connectivity index (χ1v) is 10.3. The number of halogens is 4. The van der Waals surface area contributed by atoms with Gasteiger partial charge in [0.1, 0.15) is 6.04 Å². The number of anilines is 2. The van der Waals surface area contributed by atoms with Crippen LogP contribution in [0.4, 0.5) is 24.5 Å². The fourth-order valence-electron chi connectivity index (χ4n) is 3.97. The predicted octanol–water partition coefficient (Wildman–Crippen LogP) is 6.49. The number of benzene rings is 3. The van der Waals surface area contributed by atoms with E-state index >= 15 is 0 Å². The quantitative estimate of drug-likeness (QED) is 0.498. The number of hydrogen-bond acceptors (Lipinski definition) is 2. The molecule has 1 amide bonds. The van der Waals surface area contributed by atoms with Gasteiger partial charge in [0.15, 0.2) is 0 Å². The molecule has 1 aliphatic rings. The smallest absolute Gasteiger partial charge is 0.356 e. The van der Waals surface area contributed by atoms with Crippen LogP contribution in [0, 0.1) is 0 Å². The first-order valence-electron chi connectivity index (χ1n) is 9.92. The van der Waals surface area contributed by atoms with Crippen LogP contribution < -0.4 is 10.2 Å². The van der Waals surface area contributed by atoms with Crippen LogP contribution in [0.15, 0.2) is 72.8 Å². The van der Waals surface area contributed by atoms with Crippen molar-refractivity contribution < 1.29 is 18.0 Å². The Balaban J connectivity index is 1.70. The van der Waals surface area contributed by atoms with E-state index in [1.807, 2.05) is 59.5 Å². The normalized spacial score (nSPS) is 14.6. The van der Waals surface area contributed by atoms with Crippen molar-refractivity contribution in [2.45, 2.75) is 25.1 Å². The lowest BCUT2D eigenvalue weighted by molar-refractivity contribution is -0.137. The lowest BCUT2D eigenvalue weighted by atomic mass is 9.96. The Morgan fingerprint density at radius 1 is 1.00 bits per heavy atom. The van der Waals surface area contributed by atoms with Crippen LogP contribution in [0.2, 0.25) is 5.02 Å². The van der Waals surface area contributed by atoms with Gasteiger partial charge in [0.25, 0.3) is 5.91 Å². The van der Waals surface area contributed by atoms with E-state index < -0.39 is 28.7 Å². The highest BCUT2D eigenvalue weighted by molar-refractivity contribution is 6.31. The van der Waals surface area contributed by atoms with E-state index in [4.69, 9.17) is 11.6 Å². The average molecular weight is 445 g/mol. The second-order valence-corrected chi connectivity index (χ2v) is 7.83. The van der Waals surface area contributed by atoms with Crippen molar-refractivity contribution in [3.8, 4) is 0 Å². The molecule has 0 saturated carbocycles. The molecule has 7 heteroatoms. The summed E-state index contributed by atoms with van der Waals surface area (Å²) in [4.78, 5) is 15.4. The molecule has 1 N–H and O–H groups in total. The lowest BCUT2D eigenvalue weighted by Crippen LogP contribution is -2.40. The third-order valence-corrected chi connectivity index (χ3v) is 5.69. The maximum absolute atomic E-state index is 13.4. The summed E-state index contributed by atoms with van der Waals surface area (Å²) < 4.78 is 39.7. The number of alkyl halides is 3. The van der Waals surface area contributed by atoms with Crippen molar-refractivity contribution in [3.05, 3.63) is 94.5 Å². The van der Waals surface area contributed by atoms with E-state index in [0.717, 1.165) is 41.8 Å². The topological polar surface area (TPSA) is 32.3 Å². The summed E-state index contributed by atoms with van der Waals surface area (Å²) in [6, 6.07) is 19.8. The Bertz CT molecular complexity index is 1090. The molecule has 31 heavy (non-hydrogen) atoms. The van der Waals surface area contributed by atoms with Crippen LogP contribution in [0.3, 0.4) is 0 Å². The molecule has 4 rings (SSSR count). The number of fused-ring (bicyclic) bond motifs is 1. The van der Waals surface area contributed by atoms with E-state index in [2.05, 4.69) is 5.32 Å². The van der Waals surface area contributed by atoms with Crippen molar-refractivity contribution in [2.75, 3.05) is 16.8 Å². The molecule has 0 spiro atoms. The Hall–Kier alpha value is -2.99. The number of para-hydroxylation sites is 1. The number of hydrogen-bond donors (Lipinski definition) is 1. The second-order valence-electron chi connectivity index (χ2n) is 7.42. The van der Waals surface area contributed by atoms with Gasteiger partial charge in [-0.1, -0.05) is 60.1 Å². The number of rotatable bonds is 4. The summed E-state index contributed by atoms with van der Waals surface area (Å²) in [5.74, 6) is -0.404. The number of aryl methyl sites for hydroxylation is 1. The molecular weight excluding hydrogens is 425 g/mol. The number of carbonyl (C=O) groups is 1. The van der Waals surface area contributed by atoms with Crippen molar-refractivity contribution in [1.29, 1.82) is 0 Å². The van der Waals surface area contributed by atoms with E-state index in [-0.39, 0.29) is 5.69 Å². The van der Waals surface area contributed by atoms with Gasteiger partial charge in [-0.2, -0.15) is 13.2 Å². The third-order valence-electron chi connectivity index (χ3n) is 5.36. The van der Waals surface area contributed by atoms with E-state index in [9.17, 15) is 18.0 Å². The fourth-order valence-corrected chi connectivity index (χ4v) is 4.19. The summed E-state index contributed by atoms with van der Waals surface area (Å²) in [7, 11) is 0. The van der Waals surface area contributed by atoms with Crippen molar-refractivity contribution >= 4 is 28.9 Å². The highest BCUT2D eigenvalue weighted by atomic mass is 35.5. The predicted molar refractivity (Wildman–Crippen MR) is 116 cm³/mol. The number of amides is 1. The summed E-state index contributed by atoms with van der Waals surface area (Å²) >= 11 is 5.71. The molecule has 0 fully saturated rings. The van der Waals surface area contributed by atoms with Gasteiger partial charge in [-0.25, -0.2) is 0 Å². The largest absolute Gasteiger partial charge is 0.417 e. The molecule has 3 aromatic rings. The molecule has 3 nitrogen and oxygen atoms in total. The minimum atomic E-state index is -4.61. The van der Waals surface area contributed by atoms with Crippen LogP contribution in [0.1, 0.15) is 29.2 Å². The van der Waals surface area contributed by atoms with Gasteiger partial charge in [-0.05, 0) is 48.2 Å². The number of carbonyl (C=O) groups excluding carboxylic acids is 1. The van der Waals surface area contributed by atoms with Crippen molar-refractivity contribution in [2.24, 2.45) is 0 Å². The summed E-state index contributed by atoms with van der Waals surface area (Å²) in [5, 5.41) is 2.26. The van der Waals surface area contributed by atoms with Crippen LogP contribution in [-0.4, -0.2) is 12.5 Å². The summed E-state index contributed by atoms with van der Waals surface area (Å²) in [6.45, 7) is 0.665. The molecular formula is C24H20ClF3N2O. The molecule has 0 aliphatic carbocycles. The van der Waals surface area contributed by atoms with Gasteiger partial charge in [0, 0.05) is 17.9 Å². The summed E-state index contributed by atoms with van der Waals surface area (Å²) in [5.41, 5.74) is 1.94. The lowest BCUT2D eigenvalue weighted by Gasteiger charge is -2.37. The average Bonchev–Trinajstić information content (AvgIpc) is 2.75. The Labute approximate surface area is 183 Å². The SMILES string of the molecule is O=C(Nc1ccc(Cl)c(C(F)(F)F)c1)[C@H](c1ccccc1)N1CCCc2ccccc21. The van der Waals surface area contributed by atoms with Crippen molar-refractivity contribution in [1.82, 2.24) is 0 Å². The zero-order valence-electron chi connectivity index (χ0n) is 16.5. The van der Waals surface area contributed by atoms with Gasteiger partial charge < -0.3 is 10.2 Å². The second kappa shape index (κ2) is 8.63. The Kier molecular flexibility index (Phi) is 5.92. The van der Waals surface area contributed by atoms with Gasteiger partial charge >= 0.3 is 6.18 Å². The van der Waals surface area contributed by atoms with Gasteiger partial charge in [0.05, 0.1) is 10.6 Å². The van der Waals surface area contributed by atoms with Gasteiger partial charge in [-0.3, -0.25) is 4.79 Å². The molecule has 0 unspecified atom stereocenters. The van der Waals surface area contributed by atoms with E-state index in [1.54, 1.807) is 0 Å². The standard InChI is InChI=1S/C24H20ClF3N2O/c25-20-13-12-18(15-19(20)24(26,27)28)29-23(31)22(17-8-2-1-3-9-17)30-14-6-10-16-7-4-5-11-21(16)30/h1-5,7-9,11-13,15,22H,6,10,14H2,(H,29,31)/t22-/m0/s1. The zero-order valence-corrected chi connectivity index (χ0v) is 17.3. The number of nitrogens with one attached hydrogen (secondary N) is 1. The highest BCUT2D eigenvalue weighted by Gasteiger charge is 2.34. The molecule has 0 bridgehead atoms. The maximum Gasteiger partial charge on any atom is 0.417 e. The number of nitrogens with zero attached hydrogens (tertiary/aromatic N) is 1. The van der Waals surface area contributed by atoms with Crippen LogP contribution in [0.5, 0.6) is 0 Å². The van der Waals surface area contributed by atoms with Crippen LogP contribution >= 0.6 is 11.6 Å². The maximum atomic E-state index is 13.4. The molecule has 0 radical (unpaired) electrons. The first-order chi connectivity index (χ1) is 14.8. The fraction of sp³-hybridized carbons (Fsp3) is 0.208. The molecule has 0 aromatic heterocycles.